The predicted molar refractivity (Wildman–Crippen MR) is 159 cm³/mol. The van der Waals surface area contributed by atoms with Crippen molar-refractivity contribution in [3.05, 3.63) is 53.0 Å². The number of pyridine rings is 1. The second-order valence-electron chi connectivity index (χ2n) is 11.5. The van der Waals surface area contributed by atoms with E-state index in [1.807, 2.05) is 34.1 Å². The summed E-state index contributed by atoms with van der Waals surface area (Å²) in [7, 11) is 1.47. The zero-order valence-corrected chi connectivity index (χ0v) is 24.4. The number of aromatic nitrogens is 3. The molecule has 2 aromatic heterocycles. The average Bonchev–Trinajstić information content (AvgIpc) is 3.82. The molecule has 4 fully saturated rings. The van der Waals surface area contributed by atoms with Crippen LogP contribution < -0.4 is 9.64 Å². The molecule has 0 radical (unpaired) electrons. The van der Waals surface area contributed by atoms with Crippen molar-refractivity contribution in [2.45, 2.75) is 43.7 Å². The molecule has 3 aromatic rings. The van der Waals surface area contributed by atoms with Crippen LogP contribution in [-0.2, 0) is 9.53 Å². The predicted octanol–water partition coefficient (Wildman–Crippen LogP) is 4.44. The Balaban J connectivity index is 1.09. The molecular formula is C31H34ClFN6O3. The Labute approximate surface area is 249 Å². The normalized spacial score (nSPS) is 22.8. The molecule has 11 heteroatoms. The summed E-state index contributed by atoms with van der Waals surface area (Å²) >= 11 is 6.53. The number of hydrogen-bond donors (Lipinski definition) is 0. The van der Waals surface area contributed by atoms with E-state index in [0.29, 0.717) is 66.0 Å². The Morgan fingerprint density at radius 2 is 1.88 bits per heavy atom. The molecule has 4 aliphatic rings. The van der Waals surface area contributed by atoms with E-state index < -0.39 is 5.82 Å². The van der Waals surface area contributed by atoms with Crippen molar-refractivity contribution in [3.8, 4) is 17.3 Å². The molecule has 2 atom stereocenters. The number of halogens is 2. The molecule has 0 spiro atoms. The fourth-order valence-electron chi connectivity index (χ4n) is 6.60. The summed E-state index contributed by atoms with van der Waals surface area (Å²) in [5.74, 6) is 0.357. The lowest BCUT2D eigenvalue weighted by molar-refractivity contribution is -0.126. The zero-order valence-electron chi connectivity index (χ0n) is 23.6. The molecule has 2 unspecified atom stereocenters. The lowest BCUT2D eigenvalue weighted by atomic mass is 9.99. The third kappa shape index (κ3) is 5.09. The van der Waals surface area contributed by atoms with Crippen molar-refractivity contribution < 1.29 is 18.7 Å². The van der Waals surface area contributed by atoms with Gasteiger partial charge in [0.1, 0.15) is 17.0 Å². The summed E-state index contributed by atoms with van der Waals surface area (Å²) in [6.07, 6.45) is 9.71. The van der Waals surface area contributed by atoms with Crippen molar-refractivity contribution in [2.75, 3.05) is 57.9 Å². The van der Waals surface area contributed by atoms with E-state index in [2.05, 4.69) is 19.9 Å². The van der Waals surface area contributed by atoms with Gasteiger partial charge in [-0.25, -0.2) is 4.39 Å². The maximum absolute atomic E-state index is 16.1. The standard InChI is InChI=1S/C31H34ClFN6O3/c1-41-31-35-29-23(16-34-28(27(29)33)22-4-2-5-24(32)26(22)19-7-8-19)30(36-31)38-14-12-37(13-15-38)25(40)6-3-11-39-20-9-10-21(39)18-42-17-20/h2-6,16,19-21H,7-15,17-18H2,1H3/b6-3+. The number of ether oxygens (including phenoxy) is 2. The minimum atomic E-state index is -0.522. The van der Waals surface area contributed by atoms with Gasteiger partial charge in [-0.3, -0.25) is 14.7 Å². The van der Waals surface area contributed by atoms with Gasteiger partial charge in [0.05, 0.1) is 25.7 Å². The second kappa shape index (κ2) is 11.4. The number of fused-ring (bicyclic) bond motifs is 3. The number of carbonyl (C=O) groups excluding carboxylic acids is 1. The number of anilines is 1. The summed E-state index contributed by atoms with van der Waals surface area (Å²) < 4.78 is 27.2. The molecule has 3 saturated heterocycles. The van der Waals surface area contributed by atoms with E-state index in [9.17, 15) is 4.79 Å². The highest BCUT2D eigenvalue weighted by molar-refractivity contribution is 6.32. The Morgan fingerprint density at radius 1 is 1.12 bits per heavy atom. The SMILES string of the molecule is COc1nc(N2CCN(C(=O)/C=C/CN3C4CCC3COC4)CC2)c2cnc(-c3cccc(Cl)c3C3CC3)c(F)c2n1. The monoisotopic (exact) mass is 592 g/mol. The average molecular weight is 593 g/mol. The van der Waals surface area contributed by atoms with Crippen molar-refractivity contribution in [1.29, 1.82) is 0 Å². The molecule has 42 heavy (non-hydrogen) atoms. The first-order chi connectivity index (χ1) is 20.5. The van der Waals surface area contributed by atoms with Crippen LogP contribution in [0.4, 0.5) is 10.2 Å². The lowest BCUT2D eigenvalue weighted by Crippen LogP contribution is -2.49. The van der Waals surface area contributed by atoms with E-state index in [0.717, 1.165) is 38.2 Å². The first-order valence-corrected chi connectivity index (χ1v) is 15.1. The van der Waals surface area contributed by atoms with Crippen LogP contribution in [0.5, 0.6) is 6.01 Å². The first-order valence-electron chi connectivity index (χ1n) is 14.7. The largest absolute Gasteiger partial charge is 0.467 e. The number of methoxy groups -OCH3 is 1. The molecular weight excluding hydrogens is 559 g/mol. The molecule has 1 aliphatic carbocycles. The topological polar surface area (TPSA) is 83.9 Å². The molecule has 9 nitrogen and oxygen atoms in total. The van der Waals surface area contributed by atoms with Gasteiger partial charge in [-0.15, -0.1) is 0 Å². The maximum atomic E-state index is 16.1. The van der Waals surface area contributed by atoms with Gasteiger partial charge in [0.25, 0.3) is 0 Å². The van der Waals surface area contributed by atoms with Crippen LogP contribution >= 0.6 is 11.6 Å². The third-order valence-electron chi connectivity index (χ3n) is 8.98. The zero-order chi connectivity index (χ0) is 28.8. The molecule has 0 N–H and O–H groups in total. The molecule has 7 rings (SSSR count). The van der Waals surface area contributed by atoms with E-state index in [-0.39, 0.29) is 23.1 Å². The molecule has 2 bridgehead atoms. The van der Waals surface area contributed by atoms with Gasteiger partial charge in [-0.05, 0) is 43.2 Å². The first kappa shape index (κ1) is 27.5. The van der Waals surface area contributed by atoms with Crippen molar-refractivity contribution in [3.63, 3.8) is 0 Å². The van der Waals surface area contributed by atoms with Crippen molar-refractivity contribution >= 4 is 34.2 Å². The Morgan fingerprint density at radius 3 is 2.60 bits per heavy atom. The number of piperazine rings is 1. The lowest BCUT2D eigenvalue weighted by Gasteiger charge is -2.35. The number of amides is 1. The van der Waals surface area contributed by atoms with Crippen LogP contribution in [-0.4, -0.2) is 95.8 Å². The van der Waals surface area contributed by atoms with Crippen LogP contribution in [0.2, 0.25) is 5.02 Å². The van der Waals surface area contributed by atoms with E-state index in [4.69, 9.17) is 21.1 Å². The quantitative estimate of drug-likeness (QED) is 0.373. The minimum Gasteiger partial charge on any atom is -0.467 e. The van der Waals surface area contributed by atoms with Gasteiger partial charge < -0.3 is 19.3 Å². The van der Waals surface area contributed by atoms with Gasteiger partial charge in [0, 0.05) is 67.7 Å². The van der Waals surface area contributed by atoms with Crippen molar-refractivity contribution in [2.24, 2.45) is 0 Å². The molecule has 220 valence electrons. The molecule has 1 amide bonds. The number of nitrogens with zero attached hydrogens (tertiary/aromatic N) is 6. The Kier molecular flexibility index (Phi) is 7.46. The molecule has 3 aliphatic heterocycles. The maximum Gasteiger partial charge on any atom is 0.318 e. The highest BCUT2D eigenvalue weighted by atomic mass is 35.5. The van der Waals surface area contributed by atoms with Gasteiger partial charge in [-0.2, -0.15) is 9.97 Å². The number of rotatable bonds is 7. The smallest absolute Gasteiger partial charge is 0.318 e. The fraction of sp³-hybridized carbons (Fsp3) is 0.484. The summed E-state index contributed by atoms with van der Waals surface area (Å²) in [6.45, 7) is 4.49. The summed E-state index contributed by atoms with van der Waals surface area (Å²) in [5, 5.41) is 1.14. The number of benzene rings is 1. The summed E-state index contributed by atoms with van der Waals surface area (Å²) in [4.78, 5) is 32.8. The van der Waals surface area contributed by atoms with Crippen molar-refractivity contribution in [1.82, 2.24) is 24.8 Å². The Bertz CT molecular complexity index is 1520. The van der Waals surface area contributed by atoms with Crippen LogP contribution in [0, 0.1) is 5.82 Å². The van der Waals surface area contributed by atoms with Gasteiger partial charge in [0.2, 0.25) is 5.91 Å². The number of morpholine rings is 1. The van der Waals surface area contributed by atoms with Crippen LogP contribution in [0.25, 0.3) is 22.2 Å². The highest BCUT2D eigenvalue weighted by Crippen LogP contribution is 2.48. The van der Waals surface area contributed by atoms with Gasteiger partial charge >= 0.3 is 6.01 Å². The molecule has 5 heterocycles. The van der Waals surface area contributed by atoms with Crippen LogP contribution in [0.1, 0.15) is 37.2 Å². The van der Waals surface area contributed by atoms with E-state index >= 15 is 4.39 Å². The van der Waals surface area contributed by atoms with Gasteiger partial charge in [0.15, 0.2) is 5.82 Å². The van der Waals surface area contributed by atoms with E-state index in [1.165, 1.54) is 20.0 Å². The Hall–Kier alpha value is -3.34. The van der Waals surface area contributed by atoms with Gasteiger partial charge in [-0.1, -0.05) is 29.8 Å². The molecule has 1 saturated carbocycles. The second-order valence-corrected chi connectivity index (χ2v) is 11.9. The number of carbonyl (C=O) groups is 1. The summed E-state index contributed by atoms with van der Waals surface area (Å²) in [5.41, 5.74) is 2.02. The fourth-order valence-corrected chi connectivity index (χ4v) is 6.93. The van der Waals surface area contributed by atoms with E-state index in [1.54, 1.807) is 12.3 Å². The summed E-state index contributed by atoms with van der Waals surface area (Å²) in [6, 6.07) is 6.55. The minimum absolute atomic E-state index is 0.00530. The molecule has 1 aromatic carbocycles. The van der Waals surface area contributed by atoms with Crippen LogP contribution in [0.3, 0.4) is 0 Å². The highest BCUT2D eigenvalue weighted by Gasteiger charge is 2.36. The number of hydrogen-bond acceptors (Lipinski definition) is 8. The third-order valence-corrected chi connectivity index (χ3v) is 9.31. The van der Waals surface area contributed by atoms with Crippen LogP contribution in [0.15, 0.2) is 36.5 Å².